The van der Waals surface area contributed by atoms with Crippen LogP contribution >= 0.6 is 0 Å². The summed E-state index contributed by atoms with van der Waals surface area (Å²) in [4.78, 5) is 10.5. The fourth-order valence-corrected chi connectivity index (χ4v) is 1.52. The molecule has 2 nitrogen and oxygen atoms in total. The van der Waals surface area contributed by atoms with Gasteiger partial charge in [-0.25, -0.2) is 0 Å². The molecule has 0 amide bonds. The molecule has 14 heavy (non-hydrogen) atoms. The van der Waals surface area contributed by atoms with Crippen molar-refractivity contribution in [3.63, 3.8) is 0 Å². The first kappa shape index (κ1) is 13.1. The van der Waals surface area contributed by atoms with Crippen LogP contribution in [0.5, 0.6) is 0 Å². The summed E-state index contributed by atoms with van der Waals surface area (Å²) in [6.07, 6.45) is 4.91. The number of methoxy groups -OCH3 is 1. The molecule has 0 fully saturated rings. The number of allylic oxidation sites excluding steroid dienone is 2. The van der Waals surface area contributed by atoms with E-state index in [9.17, 15) is 4.79 Å². The van der Waals surface area contributed by atoms with Crippen LogP contribution in [0.4, 0.5) is 0 Å². The molecule has 2 heteroatoms. The van der Waals surface area contributed by atoms with Crippen LogP contribution in [0, 0.1) is 5.92 Å². The van der Waals surface area contributed by atoms with Crippen LogP contribution in [-0.2, 0) is 9.53 Å². The van der Waals surface area contributed by atoms with Gasteiger partial charge in [-0.1, -0.05) is 19.1 Å². The second kappa shape index (κ2) is 6.55. The number of rotatable bonds is 5. The minimum atomic E-state index is 0.0647. The van der Waals surface area contributed by atoms with Gasteiger partial charge in [-0.15, -0.1) is 0 Å². The smallest absolute Gasteiger partial charge is 0.145 e. The molecule has 0 heterocycles. The first-order chi connectivity index (χ1) is 6.56. The van der Waals surface area contributed by atoms with Crippen molar-refractivity contribution in [1.82, 2.24) is 0 Å². The van der Waals surface area contributed by atoms with Crippen LogP contribution in [0.1, 0.15) is 27.7 Å². The summed E-state index contributed by atoms with van der Waals surface area (Å²) in [6.45, 7) is 7.88. The van der Waals surface area contributed by atoms with E-state index in [4.69, 9.17) is 4.74 Å². The van der Waals surface area contributed by atoms with Crippen LogP contribution in [-0.4, -0.2) is 19.5 Å². The molecule has 0 saturated heterocycles. The molecule has 2 atom stereocenters. The van der Waals surface area contributed by atoms with E-state index in [1.165, 1.54) is 5.57 Å². The first-order valence-electron chi connectivity index (χ1n) is 4.86. The summed E-state index contributed by atoms with van der Waals surface area (Å²) < 4.78 is 5.38. The summed E-state index contributed by atoms with van der Waals surface area (Å²) in [5.41, 5.74) is 1.94. The number of ether oxygens (including phenoxy) is 1. The number of hydrogen-bond acceptors (Lipinski definition) is 2. The van der Waals surface area contributed by atoms with E-state index in [1.54, 1.807) is 14.0 Å². The standard InChI is InChI=1S/C12H20O2/c1-6-10(3)12(14-5)11(4)7-9(2)8-13/h6-8,11-12H,1-5H3/b9-7+,10-6+/t11-,12+/m1/s1. The van der Waals surface area contributed by atoms with Crippen molar-refractivity contribution in [2.75, 3.05) is 7.11 Å². The van der Waals surface area contributed by atoms with Crippen LogP contribution in [0.3, 0.4) is 0 Å². The van der Waals surface area contributed by atoms with Crippen LogP contribution in [0.15, 0.2) is 23.3 Å². The van der Waals surface area contributed by atoms with Gasteiger partial charge in [-0.3, -0.25) is 4.79 Å². The summed E-state index contributed by atoms with van der Waals surface area (Å²) in [5.74, 6) is 0.224. The van der Waals surface area contributed by atoms with Gasteiger partial charge >= 0.3 is 0 Å². The zero-order valence-electron chi connectivity index (χ0n) is 9.70. The molecule has 0 aromatic rings. The monoisotopic (exact) mass is 196 g/mol. The molecule has 0 radical (unpaired) electrons. The van der Waals surface area contributed by atoms with E-state index >= 15 is 0 Å². The van der Waals surface area contributed by atoms with Crippen molar-refractivity contribution in [3.8, 4) is 0 Å². The van der Waals surface area contributed by atoms with Crippen molar-refractivity contribution < 1.29 is 9.53 Å². The predicted molar refractivity (Wildman–Crippen MR) is 59.2 cm³/mol. The van der Waals surface area contributed by atoms with Gasteiger partial charge in [-0.05, 0) is 31.9 Å². The minimum Gasteiger partial charge on any atom is -0.377 e. The molecule has 0 aliphatic rings. The van der Waals surface area contributed by atoms with E-state index in [1.807, 2.05) is 32.9 Å². The van der Waals surface area contributed by atoms with Crippen LogP contribution in [0.2, 0.25) is 0 Å². The molecule has 0 bridgehead atoms. The third-order valence-electron chi connectivity index (χ3n) is 2.35. The van der Waals surface area contributed by atoms with E-state index in [-0.39, 0.29) is 12.0 Å². The lowest BCUT2D eigenvalue weighted by Gasteiger charge is -2.21. The SMILES string of the molecule is C/C=C(\C)[C@H](OC)[C@H](C)/C=C(\C)C=O. The Morgan fingerprint density at radius 2 is 1.93 bits per heavy atom. The van der Waals surface area contributed by atoms with Gasteiger partial charge in [0.05, 0.1) is 6.10 Å². The summed E-state index contributed by atoms with van der Waals surface area (Å²) in [5, 5.41) is 0. The third kappa shape index (κ3) is 3.88. The van der Waals surface area contributed by atoms with Gasteiger partial charge in [0.2, 0.25) is 0 Å². The third-order valence-corrected chi connectivity index (χ3v) is 2.35. The largest absolute Gasteiger partial charge is 0.377 e. The molecular formula is C12H20O2. The van der Waals surface area contributed by atoms with Crippen molar-refractivity contribution in [2.45, 2.75) is 33.8 Å². The van der Waals surface area contributed by atoms with Crippen LogP contribution < -0.4 is 0 Å². The second-order valence-corrected chi connectivity index (χ2v) is 3.58. The molecule has 80 valence electrons. The summed E-state index contributed by atoms with van der Waals surface area (Å²) in [6, 6.07) is 0. The highest BCUT2D eigenvalue weighted by atomic mass is 16.5. The van der Waals surface area contributed by atoms with Crippen molar-refractivity contribution >= 4 is 6.29 Å². The quantitative estimate of drug-likeness (QED) is 0.384. The Labute approximate surface area is 86.6 Å². The first-order valence-corrected chi connectivity index (χ1v) is 4.86. The molecule has 0 unspecified atom stereocenters. The van der Waals surface area contributed by atoms with Gasteiger partial charge < -0.3 is 4.74 Å². The summed E-state index contributed by atoms with van der Waals surface area (Å²) >= 11 is 0. The maximum atomic E-state index is 10.5. The normalized spacial score (nSPS) is 17.8. The highest BCUT2D eigenvalue weighted by molar-refractivity contribution is 5.72. The molecule has 0 spiro atoms. The molecule has 0 aromatic heterocycles. The number of carbonyl (C=O) groups is 1. The van der Waals surface area contributed by atoms with E-state index in [0.29, 0.717) is 0 Å². The molecule has 0 aliphatic heterocycles. The Bertz CT molecular complexity index is 239. The number of aldehydes is 1. The van der Waals surface area contributed by atoms with Crippen LogP contribution in [0.25, 0.3) is 0 Å². The maximum absolute atomic E-state index is 10.5. The molecule has 0 rings (SSSR count). The summed E-state index contributed by atoms with van der Waals surface area (Å²) in [7, 11) is 1.69. The zero-order valence-corrected chi connectivity index (χ0v) is 9.70. The molecular weight excluding hydrogens is 176 g/mol. The highest BCUT2D eigenvalue weighted by Gasteiger charge is 2.15. The van der Waals surface area contributed by atoms with Gasteiger partial charge in [0.15, 0.2) is 0 Å². The van der Waals surface area contributed by atoms with Gasteiger partial charge in [0.25, 0.3) is 0 Å². The van der Waals surface area contributed by atoms with Crippen molar-refractivity contribution in [2.24, 2.45) is 5.92 Å². The van der Waals surface area contributed by atoms with E-state index < -0.39 is 0 Å². The molecule has 0 aliphatic carbocycles. The molecule has 0 N–H and O–H groups in total. The average Bonchev–Trinajstić information content (AvgIpc) is 2.18. The Kier molecular flexibility index (Phi) is 6.13. The fourth-order valence-electron chi connectivity index (χ4n) is 1.52. The zero-order chi connectivity index (χ0) is 11.1. The lowest BCUT2D eigenvalue weighted by Crippen LogP contribution is -2.20. The maximum Gasteiger partial charge on any atom is 0.145 e. The number of hydrogen-bond donors (Lipinski definition) is 0. The topological polar surface area (TPSA) is 26.3 Å². The Morgan fingerprint density at radius 1 is 1.36 bits per heavy atom. The highest BCUT2D eigenvalue weighted by Crippen LogP contribution is 2.17. The van der Waals surface area contributed by atoms with E-state index in [2.05, 4.69) is 0 Å². The van der Waals surface area contributed by atoms with Gasteiger partial charge in [0, 0.05) is 13.0 Å². The second-order valence-electron chi connectivity index (χ2n) is 3.58. The minimum absolute atomic E-state index is 0.0647. The molecule has 0 aromatic carbocycles. The Morgan fingerprint density at radius 3 is 2.29 bits per heavy atom. The van der Waals surface area contributed by atoms with Crippen molar-refractivity contribution in [1.29, 1.82) is 0 Å². The lowest BCUT2D eigenvalue weighted by molar-refractivity contribution is -0.104. The predicted octanol–water partition coefficient (Wildman–Crippen LogP) is 2.75. The van der Waals surface area contributed by atoms with Crippen molar-refractivity contribution in [3.05, 3.63) is 23.3 Å². The van der Waals surface area contributed by atoms with Gasteiger partial charge in [-0.2, -0.15) is 0 Å². The Balaban J connectivity index is 4.62. The van der Waals surface area contributed by atoms with E-state index in [0.717, 1.165) is 11.9 Å². The number of carbonyl (C=O) groups excluding carboxylic acids is 1. The molecule has 0 saturated carbocycles. The Hall–Kier alpha value is -0.890. The van der Waals surface area contributed by atoms with Gasteiger partial charge in [0.1, 0.15) is 6.29 Å². The fraction of sp³-hybridized carbons (Fsp3) is 0.583. The lowest BCUT2D eigenvalue weighted by atomic mass is 9.96. The average molecular weight is 196 g/mol.